The molecule has 78 valence electrons. The molecule has 0 aliphatic carbocycles. The topological polar surface area (TPSA) is 44.2 Å². The molecule has 0 atom stereocenters. The fourth-order valence-corrected chi connectivity index (χ4v) is 0.873. The van der Waals surface area contributed by atoms with Crippen molar-refractivity contribution in [2.45, 2.75) is 26.9 Å². The summed E-state index contributed by atoms with van der Waals surface area (Å²) in [6.07, 6.45) is 3.62. The standard InChI is InChI=1S/C8H10N2O2.C2H6/c1-6-2-9-8(10-3-6)12-7-4-11-5-7;1-2/h2-3,7H,4-5H2,1H3;1-2H3. The summed E-state index contributed by atoms with van der Waals surface area (Å²) in [7, 11) is 0. The van der Waals surface area contributed by atoms with Crippen LogP contribution in [0.1, 0.15) is 19.4 Å². The maximum atomic E-state index is 5.36. The molecule has 1 aromatic rings. The third-order valence-electron chi connectivity index (χ3n) is 1.64. The van der Waals surface area contributed by atoms with Gasteiger partial charge in [0.25, 0.3) is 0 Å². The van der Waals surface area contributed by atoms with E-state index in [1.54, 1.807) is 12.4 Å². The summed E-state index contributed by atoms with van der Waals surface area (Å²) in [5.74, 6) is 0. The molecule has 0 amide bonds. The fraction of sp³-hybridized carbons (Fsp3) is 0.600. The minimum atomic E-state index is 0.146. The van der Waals surface area contributed by atoms with Crippen LogP contribution in [0.25, 0.3) is 0 Å². The molecule has 4 heteroatoms. The van der Waals surface area contributed by atoms with Crippen LogP contribution < -0.4 is 4.74 Å². The van der Waals surface area contributed by atoms with E-state index in [0.717, 1.165) is 5.56 Å². The van der Waals surface area contributed by atoms with Gasteiger partial charge in [-0.1, -0.05) is 13.8 Å². The minimum absolute atomic E-state index is 0.146. The quantitative estimate of drug-likeness (QED) is 0.720. The molecule has 0 radical (unpaired) electrons. The van der Waals surface area contributed by atoms with Gasteiger partial charge in [-0.15, -0.1) is 0 Å². The number of nitrogens with zero attached hydrogens (tertiary/aromatic N) is 2. The van der Waals surface area contributed by atoms with E-state index < -0.39 is 0 Å². The Morgan fingerprint density at radius 1 is 1.29 bits per heavy atom. The second-order valence-electron chi connectivity index (χ2n) is 2.82. The van der Waals surface area contributed by atoms with Gasteiger partial charge in [0.15, 0.2) is 0 Å². The van der Waals surface area contributed by atoms with Crippen LogP contribution in [0.4, 0.5) is 0 Å². The zero-order chi connectivity index (χ0) is 10.4. The highest BCUT2D eigenvalue weighted by molar-refractivity contribution is 5.04. The Bertz CT molecular complexity index is 257. The lowest BCUT2D eigenvalue weighted by Crippen LogP contribution is -2.38. The van der Waals surface area contributed by atoms with Crippen molar-refractivity contribution in [2.24, 2.45) is 0 Å². The van der Waals surface area contributed by atoms with Gasteiger partial charge >= 0.3 is 6.01 Å². The highest BCUT2D eigenvalue weighted by atomic mass is 16.6. The van der Waals surface area contributed by atoms with Crippen molar-refractivity contribution in [3.63, 3.8) is 0 Å². The van der Waals surface area contributed by atoms with E-state index in [-0.39, 0.29) is 6.10 Å². The first-order valence-corrected chi connectivity index (χ1v) is 4.87. The Morgan fingerprint density at radius 3 is 2.29 bits per heavy atom. The summed E-state index contributed by atoms with van der Waals surface area (Å²) in [5.41, 5.74) is 1.03. The van der Waals surface area contributed by atoms with E-state index in [1.807, 2.05) is 20.8 Å². The van der Waals surface area contributed by atoms with Gasteiger partial charge in [-0.05, 0) is 12.5 Å². The lowest BCUT2D eigenvalue weighted by Gasteiger charge is -2.25. The minimum Gasteiger partial charge on any atom is -0.455 e. The predicted molar refractivity (Wildman–Crippen MR) is 53.4 cm³/mol. The Hall–Kier alpha value is -1.16. The first kappa shape index (κ1) is 10.9. The lowest BCUT2D eigenvalue weighted by atomic mass is 10.3. The van der Waals surface area contributed by atoms with Crippen LogP contribution in [0.15, 0.2) is 12.4 Å². The maximum Gasteiger partial charge on any atom is 0.316 e. The second kappa shape index (κ2) is 5.54. The maximum absolute atomic E-state index is 5.36. The third-order valence-corrected chi connectivity index (χ3v) is 1.64. The van der Waals surface area contributed by atoms with Crippen LogP contribution in [0.5, 0.6) is 6.01 Å². The molecule has 0 saturated carbocycles. The van der Waals surface area contributed by atoms with Crippen molar-refractivity contribution in [1.29, 1.82) is 0 Å². The van der Waals surface area contributed by atoms with Gasteiger partial charge in [-0.2, -0.15) is 0 Å². The zero-order valence-corrected chi connectivity index (χ0v) is 8.86. The summed E-state index contributed by atoms with van der Waals surface area (Å²) < 4.78 is 10.3. The number of ether oxygens (including phenoxy) is 2. The Kier molecular flexibility index (Phi) is 4.32. The molecule has 0 aromatic carbocycles. The van der Waals surface area contributed by atoms with Gasteiger partial charge in [0.2, 0.25) is 0 Å². The average molecular weight is 196 g/mol. The van der Waals surface area contributed by atoms with Crippen molar-refractivity contribution in [2.75, 3.05) is 13.2 Å². The van der Waals surface area contributed by atoms with E-state index >= 15 is 0 Å². The Labute approximate surface area is 84.3 Å². The molecule has 0 spiro atoms. The van der Waals surface area contributed by atoms with Gasteiger partial charge in [-0.3, -0.25) is 0 Å². The van der Waals surface area contributed by atoms with E-state index in [1.165, 1.54) is 0 Å². The zero-order valence-electron chi connectivity index (χ0n) is 8.86. The smallest absolute Gasteiger partial charge is 0.316 e. The van der Waals surface area contributed by atoms with Crippen LogP contribution in [-0.2, 0) is 4.74 Å². The van der Waals surface area contributed by atoms with Gasteiger partial charge in [0.05, 0.1) is 13.2 Å². The molecular formula is C10H16N2O2. The first-order valence-electron chi connectivity index (χ1n) is 4.87. The van der Waals surface area contributed by atoms with Crippen molar-refractivity contribution in [1.82, 2.24) is 9.97 Å². The monoisotopic (exact) mass is 196 g/mol. The summed E-state index contributed by atoms with van der Waals surface area (Å²) in [6, 6.07) is 0.439. The van der Waals surface area contributed by atoms with Gasteiger partial charge in [0, 0.05) is 12.4 Å². The SMILES string of the molecule is CC.Cc1cnc(OC2COC2)nc1. The van der Waals surface area contributed by atoms with E-state index in [2.05, 4.69) is 9.97 Å². The van der Waals surface area contributed by atoms with E-state index in [4.69, 9.17) is 9.47 Å². The third kappa shape index (κ3) is 2.96. The second-order valence-corrected chi connectivity index (χ2v) is 2.82. The normalized spacial score (nSPS) is 15.1. The first-order chi connectivity index (χ1) is 6.84. The molecule has 1 aliphatic rings. The summed E-state index contributed by atoms with van der Waals surface area (Å²) in [5, 5.41) is 0. The Balaban J connectivity index is 0.000000461. The van der Waals surface area contributed by atoms with E-state index in [9.17, 15) is 0 Å². The van der Waals surface area contributed by atoms with Crippen molar-refractivity contribution in [3.05, 3.63) is 18.0 Å². The van der Waals surface area contributed by atoms with Gasteiger partial charge in [0.1, 0.15) is 6.10 Å². The fourth-order valence-electron chi connectivity index (χ4n) is 0.873. The van der Waals surface area contributed by atoms with E-state index in [0.29, 0.717) is 19.2 Å². The van der Waals surface area contributed by atoms with Gasteiger partial charge < -0.3 is 9.47 Å². The molecule has 2 rings (SSSR count). The van der Waals surface area contributed by atoms with Crippen LogP contribution in [0.2, 0.25) is 0 Å². The summed E-state index contributed by atoms with van der Waals surface area (Å²) in [4.78, 5) is 8.02. The molecule has 1 fully saturated rings. The Morgan fingerprint density at radius 2 is 1.86 bits per heavy atom. The summed E-state index contributed by atoms with van der Waals surface area (Å²) >= 11 is 0. The van der Waals surface area contributed by atoms with Gasteiger partial charge in [-0.25, -0.2) is 9.97 Å². The highest BCUT2D eigenvalue weighted by Crippen LogP contribution is 2.09. The van der Waals surface area contributed by atoms with Crippen molar-refractivity contribution >= 4 is 0 Å². The molecule has 4 nitrogen and oxygen atoms in total. The molecular weight excluding hydrogens is 180 g/mol. The number of aryl methyl sites for hydroxylation is 1. The molecule has 2 heterocycles. The van der Waals surface area contributed by atoms with Crippen molar-refractivity contribution in [3.8, 4) is 6.01 Å². The van der Waals surface area contributed by atoms with Crippen LogP contribution in [0.3, 0.4) is 0 Å². The molecule has 0 N–H and O–H groups in total. The molecule has 1 saturated heterocycles. The molecule has 1 aromatic heterocycles. The largest absolute Gasteiger partial charge is 0.455 e. The van der Waals surface area contributed by atoms with Crippen molar-refractivity contribution < 1.29 is 9.47 Å². The molecule has 14 heavy (non-hydrogen) atoms. The van der Waals surface area contributed by atoms with Crippen LogP contribution in [-0.4, -0.2) is 29.3 Å². The number of aromatic nitrogens is 2. The lowest BCUT2D eigenvalue weighted by molar-refractivity contribution is -0.0831. The van der Waals surface area contributed by atoms with Crippen LogP contribution >= 0.6 is 0 Å². The average Bonchev–Trinajstić information content (AvgIpc) is 2.17. The number of hydrogen-bond donors (Lipinski definition) is 0. The highest BCUT2D eigenvalue weighted by Gasteiger charge is 2.20. The predicted octanol–water partition coefficient (Wildman–Crippen LogP) is 1.59. The number of rotatable bonds is 2. The molecule has 0 bridgehead atoms. The molecule has 1 aliphatic heterocycles. The number of hydrogen-bond acceptors (Lipinski definition) is 4. The molecule has 0 unspecified atom stereocenters. The summed E-state index contributed by atoms with van der Waals surface area (Å²) in [6.45, 7) is 7.24. The van der Waals surface area contributed by atoms with Crippen LogP contribution in [0, 0.1) is 6.92 Å².